The van der Waals surface area contributed by atoms with E-state index in [2.05, 4.69) is 0 Å². The van der Waals surface area contributed by atoms with E-state index in [1.807, 2.05) is 5.32 Å². The molecule has 0 saturated carbocycles. The van der Waals surface area contributed by atoms with Gasteiger partial charge in [-0.25, -0.2) is 4.79 Å². The molecule has 0 aromatic heterocycles. The van der Waals surface area contributed by atoms with Gasteiger partial charge in [0.1, 0.15) is 6.54 Å². The molecule has 0 aliphatic rings. The predicted octanol–water partition coefficient (Wildman–Crippen LogP) is 1.74. The molecule has 0 atom stereocenters. The number of nitrogens with one attached hydrogen (secondary N) is 1. The van der Waals surface area contributed by atoms with Crippen molar-refractivity contribution in [2.45, 2.75) is 19.5 Å². The van der Waals surface area contributed by atoms with Crippen LogP contribution < -0.4 is 5.32 Å². The van der Waals surface area contributed by atoms with Crippen molar-refractivity contribution in [2.75, 3.05) is 19.0 Å². The molecule has 0 saturated heterocycles. The zero-order valence-corrected chi connectivity index (χ0v) is 9.36. The SMILES string of the molecule is CCN(CC(F)(F)F)C(=O)NC(=O)CCCl. The van der Waals surface area contributed by atoms with Crippen LogP contribution in [0.2, 0.25) is 0 Å². The van der Waals surface area contributed by atoms with Crippen LogP contribution in [0.25, 0.3) is 0 Å². The average molecular weight is 261 g/mol. The van der Waals surface area contributed by atoms with Crippen LogP contribution >= 0.6 is 11.6 Å². The summed E-state index contributed by atoms with van der Waals surface area (Å²) in [5, 5.41) is 1.82. The number of imide groups is 1. The Morgan fingerprint density at radius 3 is 2.31 bits per heavy atom. The number of alkyl halides is 4. The smallest absolute Gasteiger partial charge is 0.316 e. The van der Waals surface area contributed by atoms with Gasteiger partial charge in [0.25, 0.3) is 0 Å². The van der Waals surface area contributed by atoms with Crippen molar-refractivity contribution in [3.63, 3.8) is 0 Å². The number of hydrogen-bond donors (Lipinski definition) is 1. The van der Waals surface area contributed by atoms with E-state index in [4.69, 9.17) is 11.6 Å². The van der Waals surface area contributed by atoms with Crippen molar-refractivity contribution in [1.29, 1.82) is 0 Å². The summed E-state index contributed by atoms with van der Waals surface area (Å²) in [6, 6.07) is -1.06. The molecular formula is C8H12ClF3N2O2. The van der Waals surface area contributed by atoms with Crippen LogP contribution in [0.15, 0.2) is 0 Å². The Morgan fingerprint density at radius 1 is 1.38 bits per heavy atom. The number of urea groups is 1. The van der Waals surface area contributed by atoms with Crippen LogP contribution in [0.5, 0.6) is 0 Å². The monoisotopic (exact) mass is 260 g/mol. The quantitative estimate of drug-likeness (QED) is 0.783. The third-order valence-corrected chi connectivity index (χ3v) is 1.80. The maximum absolute atomic E-state index is 12.0. The molecule has 0 heterocycles. The molecule has 0 aromatic rings. The van der Waals surface area contributed by atoms with Gasteiger partial charge in [0.15, 0.2) is 0 Å². The molecule has 0 fully saturated rings. The van der Waals surface area contributed by atoms with Crippen molar-refractivity contribution < 1.29 is 22.8 Å². The molecule has 16 heavy (non-hydrogen) atoms. The Morgan fingerprint density at radius 2 is 1.94 bits per heavy atom. The fraction of sp³-hybridized carbons (Fsp3) is 0.750. The van der Waals surface area contributed by atoms with E-state index in [1.165, 1.54) is 6.92 Å². The van der Waals surface area contributed by atoms with Crippen molar-refractivity contribution in [3.8, 4) is 0 Å². The fourth-order valence-corrected chi connectivity index (χ4v) is 1.06. The van der Waals surface area contributed by atoms with Crippen LogP contribution in [0.1, 0.15) is 13.3 Å². The van der Waals surface area contributed by atoms with Crippen LogP contribution in [0, 0.1) is 0 Å². The Hall–Kier alpha value is -0.980. The molecule has 3 amide bonds. The molecule has 4 nitrogen and oxygen atoms in total. The van der Waals surface area contributed by atoms with Gasteiger partial charge in [0.05, 0.1) is 0 Å². The Bertz CT molecular complexity index is 258. The van der Waals surface area contributed by atoms with E-state index < -0.39 is 24.7 Å². The van der Waals surface area contributed by atoms with E-state index in [1.54, 1.807) is 0 Å². The molecule has 0 bridgehead atoms. The summed E-state index contributed by atoms with van der Waals surface area (Å²) in [4.78, 5) is 22.6. The second-order valence-electron chi connectivity index (χ2n) is 2.92. The molecule has 0 rings (SSSR count). The van der Waals surface area contributed by atoms with Gasteiger partial charge in [-0.05, 0) is 6.92 Å². The third-order valence-electron chi connectivity index (χ3n) is 1.61. The minimum Gasteiger partial charge on any atom is -0.316 e. The van der Waals surface area contributed by atoms with Crippen molar-refractivity contribution in [3.05, 3.63) is 0 Å². The fourth-order valence-electron chi connectivity index (χ4n) is 0.890. The number of rotatable bonds is 4. The highest BCUT2D eigenvalue weighted by Crippen LogP contribution is 2.16. The predicted molar refractivity (Wildman–Crippen MR) is 52.2 cm³/mol. The highest BCUT2D eigenvalue weighted by atomic mass is 35.5. The summed E-state index contributed by atoms with van der Waals surface area (Å²) in [6.45, 7) is -0.139. The summed E-state index contributed by atoms with van der Waals surface area (Å²) in [6.07, 6.45) is -4.60. The molecule has 1 N–H and O–H groups in total. The Labute approximate surface area is 95.7 Å². The largest absolute Gasteiger partial charge is 0.406 e. The van der Waals surface area contributed by atoms with E-state index in [-0.39, 0.29) is 18.8 Å². The van der Waals surface area contributed by atoms with E-state index in [0.717, 1.165) is 0 Å². The van der Waals surface area contributed by atoms with E-state index in [0.29, 0.717) is 4.90 Å². The number of amides is 3. The molecule has 0 aliphatic heterocycles. The summed E-state index contributed by atoms with van der Waals surface area (Å²) >= 11 is 5.23. The van der Waals surface area contributed by atoms with Crippen LogP contribution in [-0.4, -0.2) is 42.0 Å². The highest BCUT2D eigenvalue weighted by molar-refractivity contribution is 6.19. The van der Waals surface area contributed by atoms with Crippen molar-refractivity contribution >= 4 is 23.5 Å². The minimum atomic E-state index is -4.48. The summed E-state index contributed by atoms with van der Waals surface area (Å²) in [7, 11) is 0. The van der Waals surface area contributed by atoms with Gasteiger partial charge in [0.2, 0.25) is 5.91 Å². The maximum atomic E-state index is 12.0. The van der Waals surface area contributed by atoms with Crippen molar-refractivity contribution in [1.82, 2.24) is 10.2 Å². The Balaban J connectivity index is 4.26. The minimum absolute atomic E-state index is 0.00447. The summed E-state index contributed by atoms with van der Waals surface area (Å²) in [5.74, 6) is -0.689. The lowest BCUT2D eigenvalue weighted by Gasteiger charge is -2.21. The zero-order valence-electron chi connectivity index (χ0n) is 8.60. The van der Waals surface area contributed by atoms with Gasteiger partial charge in [-0.2, -0.15) is 13.2 Å². The second-order valence-corrected chi connectivity index (χ2v) is 3.30. The molecule has 0 radical (unpaired) electrons. The molecule has 0 aliphatic carbocycles. The standard InChI is InChI=1S/C8H12ClF3N2O2/c1-2-14(5-8(10,11)12)7(16)13-6(15)3-4-9/h2-5H2,1H3,(H,13,15,16). The number of carbonyl (C=O) groups excluding carboxylic acids is 2. The lowest BCUT2D eigenvalue weighted by atomic mass is 10.4. The molecule has 8 heteroatoms. The molecular weight excluding hydrogens is 249 g/mol. The van der Waals surface area contributed by atoms with E-state index in [9.17, 15) is 22.8 Å². The van der Waals surface area contributed by atoms with Crippen molar-refractivity contribution in [2.24, 2.45) is 0 Å². The van der Waals surface area contributed by atoms with E-state index >= 15 is 0 Å². The second kappa shape index (κ2) is 6.57. The summed E-state index contributed by atoms with van der Waals surface area (Å²) in [5.41, 5.74) is 0. The molecule has 94 valence electrons. The van der Waals surface area contributed by atoms with Gasteiger partial charge in [-0.3, -0.25) is 10.1 Å². The van der Waals surface area contributed by atoms with Gasteiger partial charge >= 0.3 is 12.2 Å². The Kier molecular flexibility index (Phi) is 6.17. The van der Waals surface area contributed by atoms with Crippen LogP contribution in [0.4, 0.5) is 18.0 Å². The van der Waals surface area contributed by atoms with Crippen LogP contribution in [-0.2, 0) is 4.79 Å². The first-order valence-corrected chi connectivity index (χ1v) is 5.05. The number of carbonyl (C=O) groups is 2. The molecule has 0 unspecified atom stereocenters. The zero-order chi connectivity index (χ0) is 12.8. The topological polar surface area (TPSA) is 49.4 Å². The lowest BCUT2D eigenvalue weighted by molar-refractivity contribution is -0.140. The van der Waals surface area contributed by atoms with Gasteiger partial charge in [-0.15, -0.1) is 11.6 Å². The maximum Gasteiger partial charge on any atom is 0.406 e. The molecule has 0 aromatic carbocycles. The number of hydrogen-bond acceptors (Lipinski definition) is 2. The van der Waals surface area contributed by atoms with Gasteiger partial charge in [0, 0.05) is 18.8 Å². The van der Waals surface area contributed by atoms with Crippen LogP contribution in [0.3, 0.4) is 0 Å². The normalized spacial score (nSPS) is 11.1. The number of halogens is 4. The summed E-state index contributed by atoms with van der Waals surface area (Å²) < 4.78 is 36.0. The third kappa shape index (κ3) is 6.49. The average Bonchev–Trinajstić information content (AvgIpc) is 2.12. The van der Waals surface area contributed by atoms with Gasteiger partial charge < -0.3 is 4.90 Å². The highest BCUT2D eigenvalue weighted by Gasteiger charge is 2.32. The van der Waals surface area contributed by atoms with Gasteiger partial charge in [-0.1, -0.05) is 0 Å². The number of nitrogens with zero attached hydrogens (tertiary/aromatic N) is 1. The first-order valence-electron chi connectivity index (χ1n) is 4.51. The molecule has 0 spiro atoms. The first-order chi connectivity index (χ1) is 7.30. The lowest BCUT2D eigenvalue weighted by Crippen LogP contribution is -2.46. The first kappa shape index (κ1) is 15.0.